The third-order valence-electron chi connectivity index (χ3n) is 6.25. The van der Waals surface area contributed by atoms with Crippen LogP contribution in [0.3, 0.4) is 0 Å². The molecule has 5 rings (SSSR count). The number of Topliss-reactive ketones (excluding diaryl/α,β-unsaturated/α-hetero) is 1. The average molecular weight is 547 g/mol. The number of methoxy groups -OCH3 is 1. The number of benzene rings is 3. The number of rotatable bonds is 8. The molecule has 0 saturated carbocycles. The first-order chi connectivity index (χ1) is 18.9. The first-order valence-electron chi connectivity index (χ1n) is 12.3. The molecular weight excluding hydrogens is 520 g/mol. The Morgan fingerprint density at radius 3 is 2.54 bits per heavy atom. The first-order valence-corrected chi connectivity index (χ1v) is 13.1. The van der Waals surface area contributed by atoms with Gasteiger partial charge < -0.3 is 24.4 Å². The third-order valence-corrected chi connectivity index (χ3v) is 7.27. The van der Waals surface area contributed by atoms with E-state index in [-0.39, 0.29) is 28.0 Å². The van der Waals surface area contributed by atoms with E-state index in [4.69, 9.17) is 14.2 Å². The van der Waals surface area contributed by atoms with E-state index in [0.717, 1.165) is 4.70 Å². The highest BCUT2D eigenvalue weighted by atomic mass is 32.1. The number of nitrogens with zero attached hydrogens (tertiary/aromatic N) is 2. The number of anilines is 1. The van der Waals surface area contributed by atoms with Crippen LogP contribution in [-0.4, -0.2) is 47.2 Å². The Kier molecular flexibility index (Phi) is 7.12. The Hall–Kier alpha value is -4.57. The molecule has 9 nitrogen and oxygen atoms in total. The maximum Gasteiger partial charge on any atom is 0.301 e. The second kappa shape index (κ2) is 10.7. The van der Waals surface area contributed by atoms with Gasteiger partial charge in [0.1, 0.15) is 17.3 Å². The summed E-state index contributed by atoms with van der Waals surface area (Å²) < 4.78 is 17.2. The van der Waals surface area contributed by atoms with Crippen molar-refractivity contribution in [3.63, 3.8) is 0 Å². The number of ketones is 1. The van der Waals surface area contributed by atoms with E-state index >= 15 is 0 Å². The van der Waals surface area contributed by atoms with Crippen molar-refractivity contribution in [2.24, 2.45) is 0 Å². The van der Waals surface area contributed by atoms with Gasteiger partial charge in [-0.25, -0.2) is 4.98 Å². The van der Waals surface area contributed by atoms with Crippen molar-refractivity contribution >= 4 is 44.1 Å². The number of carbonyl (C=O) groups is 2. The van der Waals surface area contributed by atoms with Gasteiger partial charge in [-0.05, 0) is 61.9 Å². The lowest BCUT2D eigenvalue weighted by Crippen LogP contribution is -2.29. The van der Waals surface area contributed by atoms with E-state index in [1.807, 2.05) is 6.92 Å². The topological polar surface area (TPSA) is 118 Å². The minimum absolute atomic E-state index is 0.0888. The quantitative estimate of drug-likeness (QED) is 0.171. The third kappa shape index (κ3) is 4.74. The summed E-state index contributed by atoms with van der Waals surface area (Å²) in [7, 11) is 1.56. The molecule has 200 valence electrons. The summed E-state index contributed by atoms with van der Waals surface area (Å²) in [6.07, 6.45) is 0. The molecule has 1 saturated heterocycles. The predicted molar refractivity (Wildman–Crippen MR) is 148 cm³/mol. The van der Waals surface area contributed by atoms with Crippen LogP contribution >= 0.6 is 11.3 Å². The number of amides is 1. The van der Waals surface area contributed by atoms with Gasteiger partial charge in [0.15, 0.2) is 16.6 Å². The summed E-state index contributed by atoms with van der Waals surface area (Å²) in [5.41, 5.74) is 1.29. The van der Waals surface area contributed by atoms with Gasteiger partial charge in [-0.3, -0.25) is 14.5 Å². The molecular formula is C29H26N2O7S. The van der Waals surface area contributed by atoms with Crippen LogP contribution in [0.25, 0.3) is 16.0 Å². The maximum atomic E-state index is 13.6. The molecule has 3 aromatic carbocycles. The van der Waals surface area contributed by atoms with Crippen molar-refractivity contribution < 1.29 is 34.0 Å². The second-order valence-electron chi connectivity index (χ2n) is 8.62. The smallest absolute Gasteiger partial charge is 0.301 e. The monoisotopic (exact) mass is 546 g/mol. The van der Waals surface area contributed by atoms with E-state index in [2.05, 4.69) is 4.98 Å². The van der Waals surface area contributed by atoms with E-state index in [1.165, 1.54) is 22.3 Å². The fraction of sp³-hybridized carbons (Fsp3) is 0.207. The molecule has 0 aliphatic carbocycles. The molecule has 0 radical (unpaired) electrons. The number of carbonyl (C=O) groups excluding carboxylic acids is 2. The maximum absolute atomic E-state index is 13.6. The highest BCUT2D eigenvalue weighted by Gasteiger charge is 2.48. The van der Waals surface area contributed by atoms with Crippen molar-refractivity contribution in [3.8, 4) is 23.0 Å². The Balaban J connectivity index is 1.72. The Morgan fingerprint density at radius 2 is 1.79 bits per heavy atom. The SMILES string of the molecule is CCOc1cccc(C(O)=C2C(=O)C(=O)N(c3nc4ccc(OC)cc4s3)C2c2ccc(O)c(OCC)c2)c1. The minimum Gasteiger partial charge on any atom is -0.507 e. The Labute approximate surface area is 228 Å². The molecule has 1 atom stereocenters. The van der Waals surface area contributed by atoms with Crippen LogP contribution < -0.4 is 19.1 Å². The van der Waals surface area contributed by atoms with E-state index < -0.39 is 17.7 Å². The van der Waals surface area contributed by atoms with Crippen LogP contribution in [0, 0.1) is 0 Å². The number of aliphatic hydroxyl groups is 1. The van der Waals surface area contributed by atoms with Crippen LogP contribution in [0.4, 0.5) is 5.13 Å². The lowest BCUT2D eigenvalue weighted by Gasteiger charge is -2.23. The lowest BCUT2D eigenvalue weighted by molar-refractivity contribution is -0.132. The number of aromatic nitrogens is 1. The largest absolute Gasteiger partial charge is 0.507 e. The predicted octanol–water partition coefficient (Wildman–Crippen LogP) is 5.43. The zero-order valence-electron chi connectivity index (χ0n) is 21.5. The summed E-state index contributed by atoms with van der Waals surface area (Å²) >= 11 is 1.22. The fourth-order valence-corrected chi connectivity index (χ4v) is 5.52. The Bertz CT molecular complexity index is 1610. The average Bonchev–Trinajstić information content (AvgIpc) is 3.47. The van der Waals surface area contributed by atoms with Crippen molar-refractivity contribution in [2.45, 2.75) is 19.9 Å². The number of phenolic OH excluding ortho intramolecular Hbond substituents is 1. The molecule has 39 heavy (non-hydrogen) atoms. The molecule has 4 aromatic rings. The summed E-state index contributed by atoms with van der Waals surface area (Å²) in [4.78, 5) is 33.0. The van der Waals surface area contributed by atoms with E-state index in [1.54, 1.807) is 68.6 Å². The number of aromatic hydroxyl groups is 1. The normalized spacial score (nSPS) is 16.6. The van der Waals surface area contributed by atoms with Gasteiger partial charge in [-0.15, -0.1) is 0 Å². The van der Waals surface area contributed by atoms with Crippen LogP contribution in [-0.2, 0) is 9.59 Å². The van der Waals surface area contributed by atoms with Gasteiger partial charge in [0.2, 0.25) is 0 Å². The molecule has 0 spiro atoms. The van der Waals surface area contributed by atoms with Crippen LogP contribution in [0.2, 0.25) is 0 Å². The molecule has 1 aliphatic rings. The molecule has 0 bridgehead atoms. The highest BCUT2D eigenvalue weighted by Crippen LogP contribution is 2.46. The summed E-state index contributed by atoms with van der Waals surface area (Å²) in [5, 5.41) is 22.0. The first kappa shape index (κ1) is 26.1. The molecule has 2 N–H and O–H groups in total. The zero-order chi connectivity index (χ0) is 27.7. The van der Waals surface area contributed by atoms with Gasteiger partial charge >= 0.3 is 5.91 Å². The number of aliphatic hydroxyl groups excluding tert-OH is 1. The van der Waals surface area contributed by atoms with Gasteiger partial charge in [0, 0.05) is 5.56 Å². The van der Waals surface area contributed by atoms with Crippen LogP contribution in [0.1, 0.15) is 31.0 Å². The van der Waals surface area contributed by atoms with Crippen molar-refractivity contribution in [3.05, 3.63) is 77.4 Å². The summed E-state index contributed by atoms with van der Waals surface area (Å²) in [6.45, 7) is 4.33. The second-order valence-corrected chi connectivity index (χ2v) is 9.63. The van der Waals surface area contributed by atoms with Gasteiger partial charge in [-0.2, -0.15) is 0 Å². The summed E-state index contributed by atoms with van der Waals surface area (Å²) in [5.74, 6) is -0.805. The lowest BCUT2D eigenvalue weighted by atomic mass is 9.95. The number of fused-ring (bicyclic) bond motifs is 1. The molecule has 10 heteroatoms. The van der Waals surface area contributed by atoms with Gasteiger partial charge in [0.05, 0.1) is 42.2 Å². The molecule has 1 aliphatic heterocycles. The van der Waals surface area contributed by atoms with Crippen molar-refractivity contribution in [2.75, 3.05) is 25.2 Å². The van der Waals surface area contributed by atoms with E-state index in [0.29, 0.717) is 41.4 Å². The summed E-state index contributed by atoms with van der Waals surface area (Å²) in [6, 6.07) is 15.5. The number of thiazole rings is 1. The highest BCUT2D eigenvalue weighted by molar-refractivity contribution is 7.22. The molecule has 1 aromatic heterocycles. The van der Waals surface area contributed by atoms with Gasteiger partial charge in [0.25, 0.3) is 5.78 Å². The number of hydrogen-bond donors (Lipinski definition) is 2. The Morgan fingerprint density at radius 1 is 1.00 bits per heavy atom. The molecule has 1 amide bonds. The molecule has 2 heterocycles. The number of hydrogen-bond acceptors (Lipinski definition) is 9. The van der Waals surface area contributed by atoms with Crippen molar-refractivity contribution in [1.29, 1.82) is 0 Å². The number of ether oxygens (including phenoxy) is 3. The number of phenols is 1. The van der Waals surface area contributed by atoms with E-state index in [9.17, 15) is 19.8 Å². The fourth-order valence-electron chi connectivity index (χ4n) is 4.50. The van der Waals surface area contributed by atoms with Gasteiger partial charge in [-0.1, -0.05) is 29.5 Å². The standard InChI is InChI=1S/C29H26N2O7S/c1-4-37-19-8-6-7-17(13-19)26(33)24-25(16-9-12-21(32)22(14-16)38-5-2)31(28(35)27(24)34)29-30-20-11-10-18(36-3)15-23(20)39-29/h6-15,25,32-33H,4-5H2,1-3H3. The van der Waals surface area contributed by atoms with Crippen LogP contribution in [0.5, 0.6) is 23.0 Å². The van der Waals surface area contributed by atoms with Crippen molar-refractivity contribution in [1.82, 2.24) is 4.98 Å². The molecule has 1 fully saturated rings. The molecule has 1 unspecified atom stereocenters. The van der Waals surface area contributed by atoms with Crippen LogP contribution in [0.15, 0.2) is 66.2 Å². The zero-order valence-corrected chi connectivity index (χ0v) is 22.3. The minimum atomic E-state index is -1.04.